The van der Waals surface area contributed by atoms with Gasteiger partial charge in [0.1, 0.15) is 12.0 Å². The van der Waals surface area contributed by atoms with Crippen LogP contribution in [-0.2, 0) is 0 Å². The molecule has 2 N–H and O–H groups in total. The largest absolute Gasteiger partial charge is 0.350 e. The van der Waals surface area contributed by atoms with Gasteiger partial charge in [0, 0.05) is 37.1 Å². The summed E-state index contributed by atoms with van der Waals surface area (Å²) in [4.78, 5) is 36.1. The van der Waals surface area contributed by atoms with Crippen LogP contribution in [0.15, 0.2) is 18.5 Å². The molecule has 0 aliphatic carbocycles. The van der Waals surface area contributed by atoms with Crippen molar-refractivity contribution in [1.29, 1.82) is 0 Å². The Balaban J connectivity index is 1.53. The number of carbonyl (C=O) groups is 2. The van der Waals surface area contributed by atoms with E-state index in [2.05, 4.69) is 39.2 Å². The Morgan fingerprint density at radius 1 is 0.963 bits per heavy atom. The van der Waals surface area contributed by atoms with E-state index in [1.54, 1.807) is 9.80 Å². The minimum atomic E-state index is -0.187. The molecule has 1 fully saturated rings. The van der Waals surface area contributed by atoms with Crippen LogP contribution in [0.25, 0.3) is 10.9 Å². The van der Waals surface area contributed by atoms with Gasteiger partial charge in [0.2, 0.25) is 5.82 Å². The lowest BCUT2D eigenvalue weighted by molar-refractivity contribution is 0.0526. The Bertz CT molecular complexity index is 1010. The number of aryl methyl sites for hydroxylation is 3. The molecule has 2 amide bonds. The summed E-state index contributed by atoms with van der Waals surface area (Å²) in [6.45, 7) is 8.02. The minimum absolute atomic E-state index is 0.0192. The molecule has 0 radical (unpaired) electrons. The predicted octanol–water partition coefficient (Wildman–Crippen LogP) is 1.81. The Labute approximate surface area is 156 Å². The van der Waals surface area contributed by atoms with E-state index in [0.29, 0.717) is 31.9 Å². The SMILES string of the molecule is Cc1ccc(C)c2c(C)c(C(=O)N3CCN(C(=O)c4ncn[nH]4)CC3)[nH]c12. The number of aromatic nitrogens is 4. The number of carbonyl (C=O) groups excluding carboxylic acids is 2. The summed E-state index contributed by atoms with van der Waals surface area (Å²) in [6.07, 6.45) is 1.32. The van der Waals surface area contributed by atoms with Crippen molar-refractivity contribution in [2.45, 2.75) is 20.8 Å². The highest BCUT2D eigenvalue weighted by Crippen LogP contribution is 2.28. The van der Waals surface area contributed by atoms with E-state index in [0.717, 1.165) is 27.6 Å². The summed E-state index contributed by atoms with van der Waals surface area (Å²) < 4.78 is 0. The van der Waals surface area contributed by atoms with Gasteiger partial charge in [-0.2, -0.15) is 5.10 Å². The van der Waals surface area contributed by atoms with Gasteiger partial charge in [-0.1, -0.05) is 12.1 Å². The zero-order chi connectivity index (χ0) is 19.1. The van der Waals surface area contributed by atoms with E-state index in [9.17, 15) is 9.59 Å². The monoisotopic (exact) mass is 366 g/mol. The fourth-order valence-electron chi connectivity index (χ4n) is 3.74. The van der Waals surface area contributed by atoms with Crippen LogP contribution in [0.3, 0.4) is 0 Å². The molecule has 0 saturated carbocycles. The molecule has 1 aliphatic heterocycles. The lowest BCUT2D eigenvalue weighted by atomic mass is 10.0. The van der Waals surface area contributed by atoms with Gasteiger partial charge >= 0.3 is 0 Å². The average Bonchev–Trinajstić information content (AvgIpc) is 3.33. The number of amides is 2. The van der Waals surface area contributed by atoms with E-state index in [-0.39, 0.29) is 17.6 Å². The van der Waals surface area contributed by atoms with Crippen molar-refractivity contribution < 1.29 is 9.59 Å². The predicted molar refractivity (Wildman–Crippen MR) is 101 cm³/mol. The van der Waals surface area contributed by atoms with Crippen LogP contribution in [0.5, 0.6) is 0 Å². The van der Waals surface area contributed by atoms with Crippen molar-refractivity contribution in [3.8, 4) is 0 Å². The number of nitrogens with one attached hydrogen (secondary N) is 2. The van der Waals surface area contributed by atoms with Gasteiger partial charge in [0.25, 0.3) is 11.8 Å². The van der Waals surface area contributed by atoms with Crippen molar-refractivity contribution in [3.63, 3.8) is 0 Å². The zero-order valence-corrected chi connectivity index (χ0v) is 15.7. The first-order valence-electron chi connectivity index (χ1n) is 8.99. The Kier molecular flexibility index (Phi) is 4.18. The third kappa shape index (κ3) is 2.87. The quantitative estimate of drug-likeness (QED) is 0.723. The molecule has 0 bridgehead atoms. The van der Waals surface area contributed by atoms with Crippen molar-refractivity contribution in [2.75, 3.05) is 26.2 Å². The summed E-state index contributed by atoms with van der Waals surface area (Å²) in [6, 6.07) is 4.15. The van der Waals surface area contributed by atoms with Crippen molar-refractivity contribution >= 4 is 22.7 Å². The summed E-state index contributed by atoms with van der Waals surface area (Å²) in [7, 11) is 0. The molecule has 27 heavy (non-hydrogen) atoms. The lowest BCUT2D eigenvalue weighted by Gasteiger charge is -2.34. The molecule has 1 aromatic carbocycles. The minimum Gasteiger partial charge on any atom is -0.350 e. The van der Waals surface area contributed by atoms with Crippen molar-refractivity contribution in [3.05, 3.63) is 46.7 Å². The molecule has 4 rings (SSSR count). The molecule has 140 valence electrons. The Morgan fingerprint density at radius 3 is 2.19 bits per heavy atom. The maximum absolute atomic E-state index is 13.1. The molecule has 1 aliphatic rings. The number of hydrogen-bond acceptors (Lipinski definition) is 4. The van der Waals surface area contributed by atoms with Crippen LogP contribution in [0.1, 0.15) is 37.8 Å². The second kappa shape index (κ2) is 6.53. The third-order valence-electron chi connectivity index (χ3n) is 5.31. The number of H-pyrrole nitrogens is 2. The zero-order valence-electron chi connectivity index (χ0n) is 15.7. The van der Waals surface area contributed by atoms with Gasteiger partial charge < -0.3 is 14.8 Å². The topological polar surface area (TPSA) is 98.0 Å². The van der Waals surface area contributed by atoms with E-state index < -0.39 is 0 Å². The van der Waals surface area contributed by atoms with Crippen LogP contribution in [0.2, 0.25) is 0 Å². The highest BCUT2D eigenvalue weighted by atomic mass is 16.2. The van der Waals surface area contributed by atoms with Crippen LogP contribution in [0, 0.1) is 20.8 Å². The molecular formula is C19H22N6O2. The van der Waals surface area contributed by atoms with Crippen molar-refractivity contribution in [2.24, 2.45) is 0 Å². The Morgan fingerprint density at radius 2 is 1.59 bits per heavy atom. The molecule has 2 aromatic heterocycles. The molecule has 3 aromatic rings. The number of rotatable bonds is 2. The third-order valence-corrected chi connectivity index (χ3v) is 5.31. The molecule has 1 saturated heterocycles. The average molecular weight is 366 g/mol. The number of piperazine rings is 1. The van der Waals surface area contributed by atoms with E-state index in [4.69, 9.17) is 0 Å². The summed E-state index contributed by atoms with van der Waals surface area (Å²) >= 11 is 0. The highest BCUT2D eigenvalue weighted by molar-refractivity contribution is 6.02. The normalized spacial score (nSPS) is 14.8. The lowest BCUT2D eigenvalue weighted by Crippen LogP contribution is -2.51. The number of fused-ring (bicyclic) bond motifs is 1. The maximum Gasteiger partial charge on any atom is 0.291 e. The number of benzene rings is 1. The summed E-state index contributed by atoms with van der Waals surface area (Å²) in [5.74, 6) is 0.0223. The fraction of sp³-hybridized carbons (Fsp3) is 0.368. The van der Waals surface area contributed by atoms with Gasteiger partial charge in [-0.25, -0.2) is 4.98 Å². The van der Waals surface area contributed by atoms with Crippen LogP contribution >= 0.6 is 0 Å². The molecule has 8 heteroatoms. The van der Waals surface area contributed by atoms with Crippen LogP contribution < -0.4 is 0 Å². The number of nitrogens with zero attached hydrogens (tertiary/aromatic N) is 4. The van der Waals surface area contributed by atoms with Gasteiger partial charge in [-0.3, -0.25) is 14.7 Å². The molecule has 3 heterocycles. The molecule has 0 spiro atoms. The number of hydrogen-bond donors (Lipinski definition) is 2. The van der Waals surface area contributed by atoms with Gasteiger partial charge in [0.15, 0.2) is 0 Å². The molecular weight excluding hydrogens is 344 g/mol. The Hall–Kier alpha value is -3.16. The molecule has 0 unspecified atom stereocenters. The maximum atomic E-state index is 13.1. The summed E-state index contributed by atoms with van der Waals surface area (Å²) in [5.41, 5.74) is 4.93. The molecule has 0 atom stereocenters. The van der Waals surface area contributed by atoms with E-state index >= 15 is 0 Å². The first kappa shape index (κ1) is 17.3. The van der Waals surface area contributed by atoms with Crippen LogP contribution in [0.4, 0.5) is 0 Å². The molecule has 8 nitrogen and oxygen atoms in total. The summed E-state index contributed by atoms with van der Waals surface area (Å²) in [5, 5.41) is 7.43. The highest BCUT2D eigenvalue weighted by Gasteiger charge is 2.28. The second-order valence-electron chi connectivity index (χ2n) is 6.99. The van der Waals surface area contributed by atoms with Gasteiger partial charge in [-0.05, 0) is 37.5 Å². The second-order valence-corrected chi connectivity index (χ2v) is 6.99. The van der Waals surface area contributed by atoms with E-state index in [1.807, 2.05) is 13.8 Å². The first-order valence-corrected chi connectivity index (χ1v) is 8.99. The first-order chi connectivity index (χ1) is 13.0. The van der Waals surface area contributed by atoms with E-state index in [1.165, 1.54) is 6.33 Å². The standard InChI is InChI=1S/C19H22N6O2/c1-11-4-5-12(2)15-14(11)13(3)16(22-15)18(26)24-6-8-25(9-7-24)19(27)17-20-10-21-23-17/h4-5,10,22H,6-9H2,1-3H3,(H,20,21,23). The smallest absolute Gasteiger partial charge is 0.291 e. The van der Waals surface area contributed by atoms with Crippen molar-refractivity contribution in [1.82, 2.24) is 30.0 Å². The van der Waals surface area contributed by atoms with Gasteiger partial charge in [0.05, 0.1) is 0 Å². The van der Waals surface area contributed by atoms with Crippen LogP contribution in [-0.4, -0.2) is 68.0 Å². The fourth-order valence-corrected chi connectivity index (χ4v) is 3.74. The number of aromatic amines is 2. The van der Waals surface area contributed by atoms with Gasteiger partial charge in [-0.15, -0.1) is 0 Å².